The zero-order chi connectivity index (χ0) is 20.0. The lowest BCUT2D eigenvalue weighted by Crippen LogP contribution is -2.35. The van der Waals surface area contributed by atoms with Crippen LogP contribution in [0.2, 0.25) is 0 Å². The maximum absolute atomic E-state index is 13.5. The van der Waals surface area contributed by atoms with Gasteiger partial charge in [0, 0.05) is 23.9 Å². The third kappa shape index (κ3) is 5.51. The lowest BCUT2D eigenvalue weighted by Gasteiger charge is -2.28. The number of hydrogen-bond donors (Lipinski definition) is 1. The predicted octanol–water partition coefficient (Wildman–Crippen LogP) is 3.61. The summed E-state index contributed by atoms with van der Waals surface area (Å²) in [6.45, 7) is 7.96. The molecule has 0 bridgehead atoms. The van der Waals surface area contributed by atoms with E-state index in [-0.39, 0.29) is 11.5 Å². The molecule has 2 aromatic carbocycles. The number of allylic oxidation sites excluding steroid dienone is 2. The maximum Gasteiger partial charge on any atom is 0.193 e. The largest absolute Gasteiger partial charge is 0.377 e. The summed E-state index contributed by atoms with van der Waals surface area (Å²) in [7, 11) is 3.24. The molecule has 0 spiro atoms. The number of benzene rings is 2. The van der Waals surface area contributed by atoms with Gasteiger partial charge in [-0.1, -0.05) is 36.9 Å². The molecule has 2 rings (SSSR count). The Kier molecular flexibility index (Phi) is 6.51. The summed E-state index contributed by atoms with van der Waals surface area (Å²) in [6.07, 6.45) is 3.67. The minimum Gasteiger partial charge on any atom is -0.377 e. The highest BCUT2D eigenvalue weighted by Gasteiger charge is 2.20. The monoisotopic (exact) mass is 362 g/mol. The Labute approximate surface area is 161 Å². The average molecular weight is 362 g/mol. The predicted molar refractivity (Wildman–Crippen MR) is 113 cm³/mol. The number of carbonyl (C=O) groups is 1. The minimum absolute atomic E-state index is 0.0131. The van der Waals surface area contributed by atoms with Gasteiger partial charge in [-0.15, -0.1) is 0 Å². The van der Waals surface area contributed by atoms with E-state index in [2.05, 4.69) is 16.9 Å². The van der Waals surface area contributed by atoms with Crippen molar-refractivity contribution in [2.45, 2.75) is 19.4 Å². The zero-order valence-electron chi connectivity index (χ0n) is 16.2. The van der Waals surface area contributed by atoms with Crippen molar-refractivity contribution in [2.75, 3.05) is 7.05 Å². The highest BCUT2D eigenvalue weighted by atomic mass is 19.1. The fourth-order valence-corrected chi connectivity index (χ4v) is 2.77. The Bertz CT molecular complexity index is 916. The number of nitrogens with one attached hydrogen (secondary N) is 1. The summed E-state index contributed by atoms with van der Waals surface area (Å²) in [6, 6.07) is 13.9. The molecule has 27 heavy (non-hydrogen) atoms. The van der Waals surface area contributed by atoms with Crippen LogP contribution in [0.4, 0.5) is 4.39 Å². The number of carbonyl (C=O) groups excluding carboxylic acids is 1. The molecule has 0 saturated heterocycles. The van der Waals surface area contributed by atoms with Gasteiger partial charge >= 0.3 is 0 Å². The van der Waals surface area contributed by atoms with E-state index in [4.69, 9.17) is 0 Å². The molecule has 0 heterocycles. The third-order valence-electron chi connectivity index (χ3n) is 4.27. The standard InChI is InChI=1S/C22H24BFN2O/c1-15(26-22(2,3)18-9-6-10-19(24)14-18)11-12-20(25-4)16-7-5-8-17(13-16)21(23)27/h5-14,26H,1,23H2,2-4H3/b12-11-,25-20+. The number of aliphatic imine (C=N–C) groups is 1. The molecule has 0 aliphatic rings. The molecule has 5 heteroatoms. The summed E-state index contributed by atoms with van der Waals surface area (Å²) in [5.74, 6) is -0.269. The van der Waals surface area contributed by atoms with E-state index in [1.54, 1.807) is 19.2 Å². The van der Waals surface area contributed by atoms with E-state index in [1.165, 1.54) is 20.0 Å². The van der Waals surface area contributed by atoms with Crippen molar-refractivity contribution >= 4 is 19.2 Å². The molecule has 138 valence electrons. The highest BCUT2D eigenvalue weighted by molar-refractivity contribution is 6.62. The van der Waals surface area contributed by atoms with Gasteiger partial charge in [-0.3, -0.25) is 4.99 Å². The second kappa shape index (κ2) is 8.63. The Morgan fingerprint density at radius 3 is 2.44 bits per heavy atom. The third-order valence-corrected chi connectivity index (χ3v) is 4.27. The Hall–Kier alpha value is -2.95. The summed E-state index contributed by atoms with van der Waals surface area (Å²) < 4.78 is 13.5. The number of hydrogen-bond acceptors (Lipinski definition) is 3. The van der Waals surface area contributed by atoms with Gasteiger partial charge in [0.05, 0.1) is 11.3 Å². The quantitative estimate of drug-likeness (QED) is 0.464. The molecule has 1 N–H and O–H groups in total. The first-order valence-electron chi connectivity index (χ1n) is 8.72. The molecular formula is C22H24BFN2O. The van der Waals surface area contributed by atoms with Crippen molar-refractivity contribution in [3.8, 4) is 0 Å². The van der Waals surface area contributed by atoms with Gasteiger partial charge in [-0.05, 0) is 49.8 Å². The minimum atomic E-state index is -0.485. The highest BCUT2D eigenvalue weighted by Crippen LogP contribution is 2.22. The van der Waals surface area contributed by atoms with Gasteiger partial charge in [-0.2, -0.15) is 0 Å². The van der Waals surface area contributed by atoms with Crippen molar-refractivity contribution in [3.05, 3.63) is 95.5 Å². The Morgan fingerprint density at radius 1 is 1.15 bits per heavy atom. The molecule has 0 atom stereocenters. The number of rotatable bonds is 7. The summed E-state index contributed by atoms with van der Waals surface area (Å²) in [5, 5.41) is 3.30. The summed E-state index contributed by atoms with van der Waals surface area (Å²) >= 11 is 0. The van der Waals surface area contributed by atoms with Crippen LogP contribution in [0.25, 0.3) is 0 Å². The van der Waals surface area contributed by atoms with Crippen LogP contribution >= 0.6 is 0 Å². The second-order valence-corrected chi connectivity index (χ2v) is 6.86. The number of nitrogens with zero attached hydrogens (tertiary/aromatic N) is 1. The molecule has 0 amide bonds. The molecule has 0 aromatic heterocycles. The molecule has 0 fully saturated rings. The van der Waals surface area contributed by atoms with Crippen LogP contribution in [0, 0.1) is 5.82 Å². The van der Waals surface area contributed by atoms with Crippen molar-refractivity contribution in [3.63, 3.8) is 0 Å². The molecule has 2 aromatic rings. The van der Waals surface area contributed by atoms with E-state index in [0.29, 0.717) is 11.3 Å². The van der Waals surface area contributed by atoms with E-state index in [9.17, 15) is 9.18 Å². The average Bonchev–Trinajstić information content (AvgIpc) is 2.62. The van der Waals surface area contributed by atoms with Crippen LogP contribution in [-0.4, -0.2) is 26.3 Å². The second-order valence-electron chi connectivity index (χ2n) is 6.86. The molecule has 0 aliphatic heterocycles. The van der Waals surface area contributed by atoms with E-state index < -0.39 is 5.54 Å². The van der Waals surface area contributed by atoms with Crippen LogP contribution in [0.5, 0.6) is 0 Å². The molecular weight excluding hydrogens is 338 g/mol. The van der Waals surface area contributed by atoms with Crippen molar-refractivity contribution in [1.29, 1.82) is 0 Å². The smallest absolute Gasteiger partial charge is 0.193 e. The van der Waals surface area contributed by atoms with Crippen LogP contribution in [0.1, 0.15) is 35.3 Å². The van der Waals surface area contributed by atoms with Crippen molar-refractivity contribution < 1.29 is 9.18 Å². The van der Waals surface area contributed by atoms with Crippen LogP contribution < -0.4 is 5.32 Å². The maximum atomic E-state index is 13.5. The van der Waals surface area contributed by atoms with Gasteiger partial charge in [0.15, 0.2) is 7.85 Å². The van der Waals surface area contributed by atoms with Crippen LogP contribution in [0.15, 0.2) is 78.0 Å². The van der Waals surface area contributed by atoms with Gasteiger partial charge in [0.25, 0.3) is 0 Å². The van der Waals surface area contributed by atoms with E-state index >= 15 is 0 Å². The first-order valence-corrected chi connectivity index (χ1v) is 8.72. The number of halogens is 1. The summed E-state index contributed by atoms with van der Waals surface area (Å²) in [5.41, 5.74) is 3.28. The van der Waals surface area contributed by atoms with Gasteiger partial charge in [0.2, 0.25) is 0 Å². The van der Waals surface area contributed by atoms with Gasteiger partial charge in [-0.25, -0.2) is 4.39 Å². The van der Waals surface area contributed by atoms with Crippen LogP contribution in [0.3, 0.4) is 0 Å². The summed E-state index contributed by atoms with van der Waals surface area (Å²) in [4.78, 5) is 15.9. The van der Waals surface area contributed by atoms with Crippen LogP contribution in [-0.2, 0) is 5.54 Å². The Balaban J connectivity index is 2.15. The molecule has 0 saturated carbocycles. The fraction of sp³-hybridized carbons (Fsp3) is 0.182. The lowest BCUT2D eigenvalue weighted by molar-refractivity contribution is 0.108. The molecule has 0 unspecified atom stereocenters. The normalized spacial score (nSPS) is 12.2. The van der Waals surface area contributed by atoms with E-state index in [0.717, 1.165) is 16.8 Å². The molecule has 0 aliphatic carbocycles. The SMILES string of the molecule is BC(=O)c1cccc(C(/C=C\C(=C)NC(C)(C)c2cccc(F)c2)=N/C)c1. The van der Waals surface area contributed by atoms with Crippen molar-refractivity contribution in [2.24, 2.45) is 4.99 Å². The van der Waals surface area contributed by atoms with Crippen molar-refractivity contribution in [1.82, 2.24) is 5.32 Å². The first kappa shape index (κ1) is 20.4. The zero-order valence-corrected chi connectivity index (χ0v) is 16.2. The van der Waals surface area contributed by atoms with Gasteiger partial charge < -0.3 is 10.1 Å². The van der Waals surface area contributed by atoms with E-state index in [1.807, 2.05) is 50.3 Å². The van der Waals surface area contributed by atoms with Gasteiger partial charge in [0.1, 0.15) is 11.5 Å². The fourth-order valence-electron chi connectivity index (χ4n) is 2.77. The Morgan fingerprint density at radius 2 is 1.81 bits per heavy atom. The lowest BCUT2D eigenvalue weighted by atomic mass is 9.92. The topological polar surface area (TPSA) is 41.5 Å². The molecule has 0 radical (unpaired) electrons. The first-order chi connectivity index (χ1) is 12.7. The molecule has 3 nitrogen and oxygen atoms in total.